The third-order valence-corrected chi connectivity index (χ3v) is 2.61. The summed E-state index contributed by atoms with van der Waals surface area (Å²) in [5.41, 5.74) is 6.86. The molecule has 0 fully saturated rings. The standard InChI is InChI=1S/C10H14N4S/c1-14(3-4-15-2)10-9(12)5-8(6-11)7-13-10/h5,7H,3-4,12H2,1-2H3. The monoisotopic (exact) mass is 222 g/mol. The van der Waals surface area contributed by atoms with E-state index in [-0.39, 0.29) is 0 Å². The molecule has 0 aliphatic carbocycles. The van der Waals surface area contributed by atoms with Gasteiger partial charge in [0.2, 0.25) is 0 Å². The first-order chi connectivity index (χ1) is 7.19. The minimum absolute atomic E-state index is 0.495. The Kier molecular flexibility index (Phi) is 4.25. The van der Waals surface area contributed by atoms with Crippen molar-refractivity contribution in [1.82, 2.24) is 4.98 Å². The molecule has 2 N–H and O–H groups in total. The number of anilines is 2. The zero-order valence-electron chi connectivity index (χ0n) is 8.90. The van der Waals surface area contributed by atoms with Crippen LogP contribution >= 0.6 is 11.8 Å². The summed E-state index contributed by atoms with van der Waals surface area (Å²) in [4.78, 5) is 6.16. The molecule has 0 amide bonds. The van der Waals surface area contributed by atoms with Crippen molar-refractivity contribution in [3.05, 3.63) is 17.8 Å². The maximum absolute atomic E-state index is 8.67. The topological polar surface area (TPSA) is 65.9 Å². The molecule has 0 radical (unpaired) electrons. The lowest BCUT2D eigenvalue weighted by Crippen LogP contribution is -2.22. The Balaban J connectivity index is 2.82. The van der Waals surface area contributed by atoms with Crippen LogP contribution in [0.1, 0.15) is 5.56 Å². The lowest BCUT2D eigenvalue weighted by molar-refractivity contribution is 0.948. The minimum Gasteiger partial charge on any atom is -0.396 e. The van der Waals surface area contributed by atoms with Gasteiger partial charge in [0.25, 0.3) is 0 Å². The molecule has 4 nitrogen and oxygen atoms in total. The van der Waals surface area contributed by atoms with E-state index in [9.17, 15) is 0 Å². The van der Waals surface area contributed by atoms with E-state index in [1.54, 1.807) is 24.0 Å². The Morgan fingerprint density at radius 3 is 2.93 bits per heavy atom. The zero-order valence-corrected chi connectivity index (χ0v) is 9.71. The van der Waals surface area contributed by atoms with Gasteiger partial charge in [-0.05, 0) is 12.3 Å². The van der Waals surface area contributed by atoms with Crippen molar-refractivity contribution in [1.29, 1.82) is 5.26 Å². The van der Waals surface area contributed by atoms with Gasteiger partial charge in [-0.25, -0.2) is 4.98 Å². The molecule has 5 heteroatoms. The van der Waals surface area contributed by atoms with Gasteiger partial charge in [-0.2, -0.15) is 17.0 Å². The van der Waals surface area contributed by atoms with Crippen LogP contribution in [0.15, 0.2) is 12.3 Å². The summed E-state index contributed by atoms with van der Waals surface area (Å²) in [6.45, 7) is 0.893. The smallest absolute Gasteiger partial charge is 0.151 e. The van der Waals surface area contributed by atoms with Gasteiger partial charge in [-0.1, -0.05) is 0 Å². The Labute approximate surface area is 94.1 Å². The zero-order chi connectivity index (χ0) is 11.3. The van der Waals surface area contributed by atoms with Crippen LogP contribution in [0.5, 0.6) is 0 Å². The highest BCUT2D eigenvalue weighted by Gasteiger charge is 2.07. The number of nitriles is 1. The molecule has 1 rings (SSSR count). The van der Waals surface area contributed by atoms with Crippen LogP contribution in [0.25, 0.3) is 0 Å². The van der Waals surface area contributed by atoms with Crippen LogP contribution in [0.4, 0.5) is 11.5 Å². The molecule has 0 saturated carbocycles. The van der Waals surface area contributed by atoms with Crippen LogP contribution in [0.3, 0.4) is 0 Å². The second-order valence-electron chi connectivity index (χ2n) is 3.16. The average molecular weight is 222 g/mol. The number of nitrogens with zero attached hydrogens (tertiary/aromatic N) is 3. The van der Waals surface area contributed by atoms with Gasteiger partial charge < -0.3 is 10.6 Å². The van der Waals surface area contributed by atoms with Crippen molar-refractivity contribution in [2.75, 3.05) is 36.2 Å². The van der Waals surface area contributed by atoms with Gasteiger partial charge in [0.15, 0.2) is 5.82 Å². The van der Waals surface area contributed by atoms with E-state index in [0.29, 0.717) is 11.3 Å². The number of pyridine rings is 1. The largest absolute Gasteiger partial charge is 0.396 e. The maximum atomic E-state index is 8.67. The number of hydrogen-bond donors (Lipinski definition) is 1. The fraction of sp³-hybridized carbons (Fsp3) is 0.400. The third kappa shape index (κ3) is 3.03. The molecule has 0 spiro atoms. The van der Waals surface area contributed by atoms with Crippen molar-refractivity contribution < 1.29 is 0 Å². The van der Waals surface area contributed by atoms with Crippen molar-refractivity contribution in [3.8, 4) is 6.07 Å². The van der Waals surface area contributed by atoms with Crippen LogP contribution in [0.2, 0.25) is 0 Å². The highest BCUT2D eigenvalue weighted by atomic mass is 32.2. The highest BCUT2D eigenvalue weighted by molar-refractivity contribution is 7.98. The summed E-state index contributed by atoms with van der Waals surface area (Å²) < 4.78 is 0. The molecule has 1 aromatic rings. The number of hydrogen-bond acceptors (Lipinski definition) is 5. The third-order valence-electron chi connectivity index (χ3n) is 2.02. The average Bonchev–Trinajstić information content (AvgIpc) is 2.25. The second kappa shape index (κ2) is 5.47. The van der Waals surface area contributed by atoms with Gasteiger partial charge >= 0.3 is 0 Å². The SMILES string of the molecule is CSCCN(C)c1ncc(C#N)cc1N. The molecule has 1 heterocycles. The summed E-state index contributed by atoms with van der Waals surface area (Å²) in [6, 6.07) is 3.66. The number of nitrogen functional groups attached to an aromatic ring is 1. The number of nitrogens with two attached hydrogens (primary N) is 1. The summed E-state index contributed by atoms with van der Waals surface area (Å²) in [5.74, 6) is 1.76. The Bertz CT molecular complexity index is 372. The van der Waals surface area contributed by atoms with E-state index < -0.39 is 0 Å². The van der Waals surface area contributed by atoms with E-state index >= 15 is 0 Å². The normalized spacial score (nSPS) is 9.67. The lowest BCUT2D eigenvalue weighted by atomic mass is 10.2. The molecule has 1 aromatic heterocycles. The first-order valence-corrected chi connectivity index (χ1v) is 5.94. The second-order valence-corrected chi connectivity index (χ2v) is 4.15. The van der Waals surface area contributed by atoms with Gasteiger partial charge in [-0.15, -0.1) is 0 Å². The van der Waals surface area contributed by atoms with E-state index in [4.69, 9.17) is 11.0 Å². The summed E-state index contributed by atoms with van der Waals surface area (Å²) >= 11 is 1.78. The number of aromatic nitrogens is 1. The summed E-state index contributed by atoms with van der Waals surface area (Å²) in [6.07, 6.45) is 3.60. The molecule has 15 heavy (non-hydrogen) atoms. The molecule has 0 aliphatic rings. The van der Waals surface area contributed by atoms with Crippen LogP contribution in [0, 0.1) is 11.3 Å². The van der Waals surface area contributed by atoms with Crippen molar-refractivity contribution in [2.45, 2.75) is 0 Å². The molecular formula is C10H14N4S. The van der Waals surface area contributed by atoms with Crippen molar-refractivity contribution >= 4 is 23.3 Å². The first kappa shape index (κ1) is 11.7. The van der Waals surface area contributed by atoms with Crippen molar-refractivity contribution in [2.24, 2.45) is 0 Å². The molecule has 0 atom stereocenters. The fourth-order valence-corrected chi connectivity index (χ4v) is 1.65. The number of thioether (sulfide) groups is 1. The van der Waals surface area contributed by atoms with Gasteiger partial charge in [0.05, 0.1) is 11.3 Å². The molecular weight excluding hydrogens is 208 g/mol. The van der Waals surface area contributed by atoms with Crippen LogP contribution in [-0.4, -0.2) is 30.6 Å². The molecule has 0 saturated heterocycles. The molecule has 0 bridgehead atoms. The predicted molar refractivity (Wildman–Crippen MR) is 65.0 cm³/mol. The van der Waals surface area contributed by atoms with Gasteiger partial charge in [0, 0.05) is 25.5 Å². The van der Waals surface area contributed by atoms with Crippen LogP contribution < -0.4 is 10.6 Å². The Hall–Kier alpha value is -1.41. The summed E-state index contributed by atoms with van der Waals surface area (Å²) in [7, 11) is 1.95. The van der Waals surface area contributed by atoms with Gasteiger partial charge in [-0.3, -0.25) is 0 Å². The van der Waals surface area contributed by atoms with E-state index in [1.807, 2.05) is 18.0 Å². The predicted octanol–water partition coefficient (Wildman–Crippen LogP) is 1.33. The Morgan fingerprint density at radius 1 is 1.67 bits per heavy atom. The van der Waals surface area contributed by atoms with Crippen molar-refractivity contribution in [3.63, 3.8) is 0 Å². The van der Waals surface area contributed by atoms with Crippen LogP contribution in [-0.2, 0) is 0 Å². The molecule has 0 aliphatic heterocycles. The van der Waals surface area contributed by atoms with E-state index in [1.165, 1.54) is 0 Å². The quantitative estimate of drug-likeness (QED) is 0.832. The van der Waals surface area contributed by atoms with E-state index in [2.05, 4.69) is 11.2 Å². The number of rotatable bonds is 4. The molecule has 0 unspecified atom stereocenters. The molecule has 0 aromatic carbocycles. The fourth-order valence-electron chi connectivity index (χ4n) is 1.19. The van der Waals surface area contributed by atoms with E-state index in [0.717, 1.165) is 18.1 Å². The maximum Gasteiger partial charge on any atom is 0.151 e. The van der Waals surface area contributed by atoms with Gasteiger partial charge in [0.1, 0.15) is 6.07 Å². The summed E-state index contributed by atoms with van der Waals surface area (Å²) in [5, 5.41) is 8.67. The lowest BCUT2D eigenvalue weighted by Gasteiger charge is -2.19. The molecule has 80 valence electrons. The first-order valence-electron chi connectivity index (χ1n) is 4.54. The highest BCUT2D eigenvalue weighted by Crippen LogP contribution is 2.19. The minimum atomic E-state index is 0.495. The Morgan fingerprint density at radius 2 is 2.40 bits per heavy atom.